The SMILES string of the molecule is Nc1ncnc2c1ncn2CC(O)c1ccccc1. The van der Waals surface area contributed by atoms with Crippen LogP contribution in [0, 0.1) is 0 Å². The Bertz CT molecular complexity index is 695. The maximum atomic E-state index is 10.2. The molecule has 0 bridgehead atoms. The number of hydrogen-bond acceptors (Lipinski definition) is 5. The first-order valence-electron chi connectivity index (χ1n) is 5.90. The van der Waals surface area contributed by atoms with Gasteiger partial charge in [-0.05, 0) is 5.56 Å². The first-order valence-corrected chi connectivity index (χ1v) is 5.90. The van der Waals surface area contributed by atoms with Gasteiger partial charge in [-0.3, -0.25) is 0 Å². The molecule has 2 aromatic heterocycles. The minimum Gasteiger partial charge on any atom is -0.387 e. The van der Waals surface area contributed by atoms with Crippen LogP contribution in [0.5, 0.6) is 0 Å². The van der Waals surface area contributed by atoms with Gasteiger partial charge in [-0.15, -0.1) is 0 Å². The van der Waals surface area contributed by atoms with Crippen LogP contribution >= 0.6 is 0 Å². The fourth-order valence-corrected chi connectivity index (χ4v) is 2.00. The Kier molecular flexibility index (Phi) is 2.85. The molecule has 1 unspecified atom stereocenters. The van der Waals surface area contributed by atoms with Gasteiger partial charge in [0.15, 0.2) is 11.5 Å². The van der Waals surface area contributed by atoms with Crippen molar-refractivity contribution in [2.24, 2.45) is 0 Å². The monoisotopic (exact) mass is 255 g/mol. The quantitative estimate of drug-likeness (QED) is 0.732. The van der Waals surface area contributed by atoms with E-state index >= 15 is 0 Å². The first-order chi connectivity index (χ1) is 9.25. The molecule has 0 amide bonds. The second-order valence-corrected chi connectivity index (χ2v) is 4.25. The van der Waals surface area contributed by atoms with Crippen molar-refractivity contribution < 1.29 is 5.11 Å². The first kappa shape index (κ1) is 11.6. The van der Waals surface area contributed by atoms with Crippen LogP contribution in [0.1, 0.15) is 11.7 Å². The number of aromatic nitrogens is 4. The fourth-order valence-electron chi connectivity index (χ4n) is 2.00. The van der Waals surface area contributed by atoms with E-state index in [0.717, 1.165) is 5.56 Å². The van der Waals surface area contributed by atoms with Crippen LogP contribution in [-0.4, -0.2) is 24.6 Å². The van der Waals surface area contributed by atoms with Crippen LogP contribution in [0.3, 0.4) is 0 Å². The van der Waals surface area contributed by atoms with E-state index in [1.54, 1.807) is 10.9 Å². The maximum absolute atomic E-state index is 10.2. The smallest absolute Gasteiger partial charge is 0.165 e. The molecule has 0 saturated carbocycles. The summed E-state index contributed by atoms with van der Waals surface area (Å²) in [6.45, 7) is 0.372. The van der Waals surface area contributed by atoms with Crippen LogP contribution in [0.2, 0.25) is 0 Å². The molecule has 0 aliphatic carbocycles. The van der Waals surface area contributed by atoms with E-state index in [9.17, 15) is 5.11 Å². The third-order valence-corrected chi connectivity index (χ3v) is 2.98. The summed E-state index contributed by atoms with van der Waals surface area (Å²) in [5.41, 5.74) is 7.76. The molecule has 3 rings (SSSR count). The molecule has 1 aromatic carbocycles. The summed E-state index contributed by atoms with van der Waals surface area (Å²) in [5, 5.41) is 10.2. The maximum Gasteiger partial charge on any atom is 0.165 e. The average molecular weight is 255 g/mol. The number of nitrogens with zero attached hydrogens (tertiary/aromatic N) is 4. The highest BCUT2D eigenvalue weighted by molar-refractivity contribution is 5.81. The molecule has 1 atom stereocenters. The molecule has 0 saturated heterocycles. The average Bonchev–Trinajstić information content (AvgIpc) is 2.84. The number of aliphatic hydroxyl groups is 1. The van der Waals surface area contributed by atoms with Crippen molar-refractivity contribution in [3.05, 3.63) is 48.5 Å². The van der Waals surface area contributed by atoms with Gasteiger partial charge in [-0.2, -0.15) is 0 Å². The largest absolute Gasteiger partial charge is 0.387 e. The Morgan fingerprint density at radius 2 is 1.95 bits per heavy atom. The van der Waals surface area contributed by atoms with Gasteiger partial charge in [-0.25, -0.2) is 15.0 Å². The molecule has 2 heterocycles. The van der Waals surface area contributed by atoms with E-state index in [0.29, 0.717) is 23.5 Å². The number of hydrogen-bond donors (Lipinski definition) is 2. The van der Waals surface area contributed by atoms with Crippen LogP contribution in [-0.2, 0) is 6.54 Å². The molecule has 6 nitrogen and oxygen atoms in total. The van der Waals surface area contributed by atoms with Crippen molar-refractivity contribution in [2.75, 3.05) is 5.73 Å². The standard InChI is InChI=1S/C13H13N5O/c14-12-11-13(16-7-15-12)18(8-17-11)6-10(19)9-4-2-1-3-5-9/h1-5,7-8,10,19H,6H2,(H2,14,15,16). The molecular weight excluding hydrogens is 242 g/mol. The lowest BCUT2D eigenvalue weighted by Crippen LogP contribution is -2.08. The highest BCUT2D eigenvalue weighted by atomic mass is 16.3. The topological polar surface area (TPSA) is 89.9 Å². The number of anilines is 1. The van der Waals surface area contributed by atoms with Crippen LogP contribution < -0.4 is 5.73 Å². The molecule has 3 N–H and O–H groups in total. The van der Waals surface area contributed by atoms with Gasteiger partial charge >= 0.3 is 0 Å². The highest BCUT2D eigenvalue weighted by Crippen LogP contribution is 2.19. The van der Waals surface area contributed by atoms with E-state index in [4.69, 9.17) is 5.73 Å². The predicted molar refractivity (Wildman–Crippen MR) is 71.1 cm³/mol. The van der Waals surface area contributed by atoms with E-state index < -0.39 is 6.10 Å². The molecule has 6 heteroatoms. The predicted octanol–water partition coefficient (Wildman–Crippen LogP) is 1.14. The molecule has 0 spiro atoms. The Hall–Kier alpha value is -2.47. The number of fused-ring (bicyclic) bond motifs is 1. The molecule has 19 heavy (non-hydrogen) atoms. The van der Waals surface area contributed by atoms with Gasteiger partial charge in [0.05, 0.1) is 19.0 Å². The number of rotatable bonds is 3. The summed E-state index contributed by atoms with van der Waals surface area (Å²) in [6, 6.07) is 9.46. The van der Waals surface area contributed by atoms with Crippen molar-refractivity contribution in [3.8, 4) is 0 Å². The summed E-state index contributed by atoms with van der Waals surface area (Å²) in [5.74, 6) is 0.345. The van der Waals surface area contributed by atoms with Crippen molar-refractivity contribution in [1.82, 2.24) is 19.5 Å². The van der Waals surface area contributed by atoms with E-state index in [1.165, 1.54) is 6.33 Å². The van der Waals surface area contributed by atoms with Crippen LogP contribution in [0.25, 0.3) is 11.2 Å². The number of benzene rings is 1. The van der Waals surface area contributed by atoms with Gasteiger partial charge in [0.1, 0.15) is 11.8 Å². The Morgan fingerprint density at radius 1 is 1.16 bits per heavy atom. The molecule has 0 aliphatic heterocycles. The summed E-state index contributed by atoms with van der Waals surface area (Å²) >= 11 is 0. The molecular formula is C13H13N5O. The van der Waals surface area contributed by atoms with Crippen LogP contribution in [0.15, 0.2) is 43.0 Å². The Labute approximate surface area is 109 Å². The minimum atomic E-state index is -0.616. The lowest BCUT2D eigenvalue weighted by atomic mass is 10.1. The number of imidazole rings is 1. The van der Waals surface area contributed by atoms with Crippen molar-refractivity contribution in [2.45, 2.75) is 12.6 Å². The fraction of sp³-hybridized carbons (Fsp3) is 0.154. The lowest BCUT2D eigenvalue weighted by Gasteiger charge is -2.11. The third-order valence-electron chi connectivity index (χ3n) is 2.98. The molecule has 0 fully saturated rings. The van der Waals surface area contributed by atoms with Gasteiger partial charge in [0.25, 0.3) is 0 Å². The van der Waals surface area contributed by atoms with E-state index in [2.05, 4.69) is 15.0 Å². The third kappa shape index (κ3) is 2.13. The second-order valence-electron chi connectivity index (χ2n) is 4.25. The summed E-state index contributed by atoms with van der Waals surface area (Å²) < 4.78 is 1.77. The number of aliphatic hydroxyl groups excluding tert-OH is 1. The molecule has 3 aromatic rings. The van der Waals surface area contributed by atoms with Crippen molar-refractivity contribution >= 4 is 17.0 Å². The second kappa shape index (κ2) is 4.66. The van der Waals surface area contributed by atoms with E-state index in [-0.39, 0.29) is 0 Å². The van der Waals surface area contributed by atoms with Gasteiger partial charge in [0, 0.05) is 0 Å². The Balaban J connectivity index is 1.92. The van der Waals surface area contributed by atoms with Gasteiger partial charge in [0.2, 0.25) is 0 Å². The minimum absolute atomic E-state index is 0.345. The molecule has 96 valence electrons. The lowest BCUT2D eigenvalue weighted by molar-refractivity contribution is 0.157. The van der Waals surface area contributed by atoms with Crippen molar-refractivity contribution in [1.29, 1.82) is 0 Å². The van der Waals surface area contributed by atoms with Crippen molar-refractivity contribution in [3.63, 3.8) is 0 Å². The zero-order valence-corrected chi connectivity index (χ0v) is 10.1. The molecule has 0 radical (unpaired) electrons. The van der Waals surface area contributed by atoms with Crippen LogP contribution in [0.4, 0.5) is 5.82 Å². The zero-order chi connectivity index (χ0) is 13.2. The molecule has 0 aliphatic rings. The normalized spacial score (nSPS) is 12.7. The highest BCUT2D eigenvalue weighted by Gasteiger charge is 2.12. The summed E-state index contributed by atoms with van der Waals surface area (Å²) in [4.78, 5) is 12.2. The van der Waals surface area contributed by atoms with Gasteiger partial charge < -0.3 is 15.4 Å². The summed E-state index contributed by atoms with van der Waals surface area (Å²) in [7, 11) is 0. The Morgan fingerprint density at radius 3 is 2.74 bits per heavy atom. The number of nitrogens with two attached hydrogens (primary N) is 1. The zero-order valence-electron chi connectivity index (χ0n) is 10.1. The number of nitrogen functional groups attached to an aromatic ring is 1. The van der Waals surface area contributed by atoms with E-state index in [1.807, 2.05) is 30.3 Å². The van der Waals surface area contributed by atoms with Gasteiger partial charge in [-0.1, -0.05) is 30.3 Å². The summed E-state index contributed by atoms with van der Waals surface area (Å²) in [6.07, 6.45) is 2.39.